The van der Waals surface area contributed by atoms with E-state index in [4.69, 9.17) is 4.74 Å². The Labute approximate surface area is 95.1 Å². The third-order valence-electron chi connectivity index (χ3n) is 1.91. The van der Waals surface area contributed by atoms with Crippen LogP contribution in [0.1, 0.15) is 18.7 Å². The van der Waals surface area contributed by atoms with Crippen LogP contribution in [0, 0.1) is 6.92 Å². The van der Waals surface area contributed by atoms with E-state index in [1.165, 1.54) is 4.88 Å². The Bertz CT molecular complexity index is 286. The molecule has 1 atom stereocenters. The number of hydrogen-bond donors (Lipinski definition) is 2. The zero-order chi connectivity index (χ0) is 11.3. The summed E-state index contributed by atoms with van der Waals surface area (Å²) in [6, 6.07) is 2.37. The summed E-state index contributed by atoms with van der Waals surface area (Å²) in [6.45, 7) is 7.05. The van der Waals surface area contributed by atoms with Gasteiger partial charge in [-0.05, 0) is 13.0 Å². The van der Waals surface area contributed by atoms with Gasteiger partial charge in [0.2, 0.25) is 0 Å². The van der Waals surface area contributed by atoms with Gasteiger partial charge in [0.15, 0.2) is 0 Å². The summed E-state index contributed by atoms with van der Waals surface area (Å²) in [5.41, 5.74) is 0. The van der Waals surface area contributed by atoms with Gasteiger partial charge in [0, 0.05) is 22.8 Å². The molecule has 0 bridgehead atoms. The highest BCUT2D eigenvalue weighted by molar-refractivity contribution is 7.10. The molecule has 15 heavy (non-hydrogen) atoms. The Morgan fingerprint density at radius 1 is 1.53 bits per heavy atom. The second-order valence-electron chi connectivity index (χ2n) is 3.92. The highest BCUT2D eigenvalue weighted by Crippen LogP contribution is 2.20. The average molecular weight is 229 g/mol. The zero-order valence-electron chi connectivity index (χ0n) is 9.49. The van der Waals surface area contributed by atoms with Gasteiger partial charge in [-0.2, -0.15) is 0 Å². The van der Waals surface area contributed by atoms with Crippen molar-refractivity contribution in [3.05, 3.63) is 16.3 Å². The lowest BCUT2D eigenvalue weighted by Gasteiger charge is -2.14. The monoisotopic (exact) mass is 229 g/mol. The third kappa shape index (κ3) is 5.16. The van der Waals surface area contributed by atoms with Crippen molar-refractivity contribution >= 4 is 11.3 Å². The third-order valence-corrected chi connectivity index (χ3v) is 2.75. The first kappa shape index (κ1) is 12.5. The van der Waals surface area contributed by atoms with Crippen LogP contribution in [0.5, 0.6) is 5.75 Å². The molecule has 4 heteroatoms. The summed E-state index contributed by atoms with van der Waals surface area (Å²) in [5.74, 6) is 0.848. The summed E-state index contributed by atoms with van der Waals surface area (Å²) < 4.78 is 5.44. The molecule has 86 valence electrons. The fraction of sp³-hybridized carbons (Fsp3) is 0.636. The first-order valence-electron chi connectivity index (χ1n) is 5.17. The number of thiophene rings is 1. The first-order valence-corrected chi connectivity index (χ1v) is 6.05. The van der Waals surface area contributed by atoms with Gasteiger partial charge in [0.25, 0.3) is 0 Å². The van der Waals surface area contributed by atoms with E-state index in [9.17, 15) is 5.11 Å². The molecule has 0 fully saturated rings. The molecule has 0 aliphatic heterocycles. The molecule has 0 aliphatic carbocycles. The van der Waals surface area contributed by atoms with Crippen LogP contribution in [0.3, 0.4) is 0 Å². The van der Waals surface area contributed by atoms with Gasteiger partial charge in [0.1, 0.15) is 18.5 Å². The Hall–Kier alpha value is -0.580. The largest absolute Gasteiger partial charge is 0.490 e. The number of hydrogen-bond acceptors (Lipinski definition) is 4. The number of aliphatic hydroxyl groups is 1. The summed E-state index contributed by atoms with van der Waals surface area (Å²) in [6.07, 6.45) is -0.451. The van der Waals surface area contributed by atoms with Crippen molar-refractivity contribution in [3.8, 4) is 5.75 Å². The summed E-state index contributed by atoms with van der Waals surface area (Å²) in [5, 5.41) is 14.7. The van der Waals surface area contributed by atoms with E-state index >= 15 is 0 Å². The van der Waals surface area contributed by atoms with Crippen LogP contribution < -0.4 is 10.1 Å². The lowest BCUT2D eigenvalue weighted by atomic mass is 10.3. The van der Waals surface area contributed by atoms with E-state index in [0.29, 0.717) is 19.2 Å². The zero-order valence-corrected chi connectivity index (χ0v) is 10.3. The molecular formula is C11H19NO2S. The van der Waals surface area contributed by atoms with Gasteiger partial charge in [0.05, 0.1) is 0 Å². The Morgan fingerprint density at radius 3 is 2.80 bits per heavy atom. The van der Waals surface area contributed by atoms with Crippen LogP contribution in [-0.4, -0.2) is 30.4 Å². The molecule has 0 radical (unpaired) electrons. The highest BCUT2D eigenvalue weighted by atomic mass is 32.1. The number of aliphatic hydroxyl groups excluding tert-OH is 1. The van der Waals surface area contributed by atoms with E-state index in [1.54, 1.807) is 11.3 Å². The maximum atomic E-state index is 9.58. The van der Waals surface area contributed by atoms with Crippen LogP contribution >= 0.6 is 11.3 Å². The summed E-state index contributed by atoms with van der Waals surface area (Å²) in [7, 11) is 0. The van der Waals surface area contributed by atoms with E-state index in [2.05, 4.69) is 19.2 Å². The Kier molecular flexibility index (Phi) is 5.08. The molecule has 0 amide bonds. The average Bonchev–Trinajstić information content (AvgIpc) is 2.58. The van der Waals surface area contributed by atoms with Gasteiger partial charge in [-0.3, -0.25) is 0 Å². The van der Waals surface area contributed by atoms with Crippen LogP contribution in [0.2, 0.25) is 0 Å². The molecule has 0 saturated heterocycles. The molecule has 3 nitrogen and oxygen atoms in total. The molecule has 0 aromatic carbocycles. The predicted octanol–water partition coefficient (Wildman–Crippen LogP) is 1.79. The molecule has 0 aliphatic rings. The molecule has 1 rings (SSSR count). The number of rotatable bonds is 6. The summed E-state index contributed by atoms with van der Waals surface area (Å²) in [4.78, 5) is 1.22. The van der Waals surface area contributed by atoms with Crippen molar-refractivity contribution < 1.29 is 9.84 Å². The van der Waals surface area contributed by atoms with Gasteiger partial charge in [-0.1, -0.05) is 13.8 Å². The van der Waals surface area contributed by atoms with Gasteiger partial charge < -0.3 is 15.2 Å². The van der Waals surface area contributed by atoms with E-state index in [0.717, 1.165) is 5.75 Å². The van der Waals surface area contributed by atoms with Crippen molar-refractivity contribution in [1.29, 1.82) is 0 Å². The van der Waals surface area contributed by atoms with Crippen LogP contribution in [-0.2, 0) is 0 Å². The number of aryl methyl sites for hydroxylation is 1. The Balaban J connectivity index is 2.19. The minimum absolute atomic E-state index is 0.343. The quantitative estimate of drug-likeness (QED) is 0.781. The van der Waals surface area contributed by atoms with E-state index in [-0.39, 0.29) is 0 Å². The lowest BCUT2D eigenvalue weighted by molar-refractivity contribution is 0.105. The number of nitrogens with one attached hydrogen (secondary N) is 1. The lowest BCUT2D eigenvalue weighted by Crippen LogP contribution is -2.35. The van der Waals surface area contributed by atoms with Gasteiger partial charge in [-0.25, -0.2) is 0 Å². The first-order chi connectivity index (χ1) is 7.08. The van der Waals surface area contributed by atoms with E-state index < -0.39 is 6.10 Å². The summed E-state index contributed by atoms with van der Waals surface area (Å²) >= 11 is 1.65. The van der Waals surface area contributed by atoms with Crippen LogP contribution in [0.15, 0.2) is 11.4 Å². The minimum Gasteiger partial charge on any atom is -0.490 e. The second kappa shape index (κ2) is 6.10. The van der Waals surface area contributed by atoms with Crippen molar-refractivity contribution in [1.82, 2.24) is 5.32 Å². The van der Waals surface area contributed by atoms with Gasteiger partial charge >= 0.3 is 0 Å². The molecule has 1 unspecified atom stereocenters. The fourth-order valence-corrected chi connectivity index (χ4v) is 1.74. The predicted molar refractivity (Wildman–Crippen MR) is 63.7 cm³/mol. The van der Waals surface area contributed by atoms with Gasteiger partial charge in [-0.15, -0.1) is 11.3 Å². The normalized spacial score (nSPS) is 13.1. The topological polar surface area (TPSA) is 41.5 Å². The minimum atomic E-state index is -0.451. The van der Waals surface area contributed by atoms with Crippen molar-refractivity contribution in [2.24, 2.45) is 0 Å². The molecule has 0 saturated carbocycles. The van der Waals surface area contributed by atoms with Crippen molar-refractivity contribution in [2.75, 3.05) is 13.2 Å². The maximum Gasteiger partial charge on any atom is 0.130 e. The van der Waals surface area contributed by atoms with Crippen LogP contribution in [0.4, 0.5) is 0 Å². The number of ether oxygens (including phenoxy) is 1. The smallest absolute Gasteiger partial charge is 0.130 e. The second-order valence-corrected chi connectivity index (χ2v) is 5.04. The standard InChI is InChI=1S/C11H19NO2S/c1-8(2)12-5-10(13)6-14-11-4-9(3)15-7-11/h4,7-8,10,12-13H,5-6H2,1-3H3. The SMILES string of the molecule is Cc1cc(OCC(O)CNC(C)C)cs1. The van der Waals surface area contributed by atoms with Crippen molar-refractivity contribution in [3.63, 3.8) is 0 Å². The molecule has 1 aromatic heterocycles. The molecule has 1 heterocycles. The van der Waals surface area contributed by atoms with Crippen LogP contribution in [0.25, 0.3) is 0 Å². The molecule has 0 spiro atoms. The maximum absolute atomic E-state index is 9.58. The Morgan fingerprint density at radius 2 is 2.27 bits per heavy atom. The fourth-order valence-electron chi connectivity index (χ4n) is 1.12. The molecule has 2 N–H and O–H groups in total. The molecule has 1 aromatic rings. The highest BCUT2D eigenvalue weighted by Gasteiger charge is 2.06. The van der Waals surface area contributed by atoms with E-state index in [1.807, 2.05) is 18.4 Å². The molecular weight excluding hydrogens is 210 g/mol. The van der Waals surface area contributed by atoms with Crippen molar-refractivity contribution in [2.45, 2.75) is 32.9 Å².